The molecule has 1 fully saturated rings. The largest absolute Gasteiger partial charge is 0.347 e. The Morgan fingerprint density at radius 2 is 2.21 bits per heavy atom. The number of pyridine rings is 1. The number of benzene rings is 1. The lowest BCUT2D eigenvalue weighted by molar-refractivity contribution is -0.384. The minimum Gasteiger partial charge on any atom is -0.347 e. The van der Waals surface area contributed by atoms with Gasteiger partial charge in [-0.3, -0.25) is 20.4 Å². The number of nitro groups is 1. The Balaban J connectivity index is 1.55. The molecule has 1 unspecified atom stereocenters. The molecule has 1 spiro atoms. The summed E-state index contributed by atoms with van der Waals surface area (Å²) in [5.74, 6) is 5.83. The lowest BCUT2D eigenvalue weighted by atomic mass is 10.0. The second-order valence-corrected chi connectivity index (χ2v) is 6.81. The zero-order valence-corrected chi connectivity index (χ0v) is 15.1. The van der Waals surface area contributed by atoms with E-state index >= 15 is 0 Å². The standard InChI is InChI=1S/C20H17FN4O3/c1-14-5-8-18(25(26)27)19(22-14)24-10-9-20(13-24)12-17(23-28-20)7-6-15-3-2-4-16(21)11-15/h2-5,8,11-12,23H,9-10,13H2,1H3. The van der Waals surface area contributed by atoms with E-state index in [-0.39, 0.29) is 11.5 Å². The molecule has 0 radical (unpaired) electrons. The summed E-state index contributed by atoms with van der Waals surface area (Å²) in [6, 6.07) is 9.15. The molecule has 7 nitrogen and oxygen atoms in total. The van der Waals surface area contributed by atoms with Gasteiger partial charge in [0, 0.05) is 30.3 Å². The highest BCUT2D eigenvalue weighted by Crippen LogP contribution is 2.36. The number of rotatable bonds is 2. The number of anilines is 1. The van der Waals surface area contributed by atoms with Crippen molar-refractivity contribution in [3.8, 4) is 11.8 Å². The van der Waals surface area contributed by atoms with Crippen LogP contribution in [0.2, 0.25) is 0 Å². The molecule has 3 heterocycles. The molecule has 0 saturated carbocycles. The van der Waals surface area contributed by atoms with Gasteiger partial charge in [-0.2, -0.15) is 0 Å². The first-order chi connectivity index (χ1) is 13.4. The van der Waals surface area contributed by atoms with Gasteiger partial charge in [-0.25, -0.2) is 9.37 Å². The molecule has 2 aliphatic heterocycles. The summed E-state index contributed by atoms with van der Waals surface area (Å²) < 4.78 is 13.2. The molecule has 2 aliphatic rings. The van der Waals surface area contributed by atoms with Crippen molar-refractivity contribution in [3.05, 3.63) is 75.4 Å². The minimum absolute atomic E-state index is 0.0243. The normalized spacial score (nSPS) is 20.5. The molecule has 0 amide bonds. The summed E-state index contributed by atoms with van der Waals surface area (Å²) >= 11 is 0. The van der Waals surface area contributed by atoms with Crippen molar-refractivity contribution in [1.29, 1.82) is 0 Å². The zero-order chi connectivity index (χ0) is 19.7. The highest BCUT2D eigenvalue weighted by molar-refractivity contribution is 5.59. The van der Waals surface area contributed by atoms with Crippen molar-refractivity contribution < 1.29 is 14.2 Å². The van der Waals surface area contributed by atoms with Crippen molar-refractivity contribution in [3.63, 3.8) is 0 Å². The predicted molar refractivity (Wildman–Crippen MR) is 101 cm³/mol. The van der Waals surface area contributed by atoms with Crippen LogP contribution in [-0.2, 0) is 4.84 Å². The van der Waals surface area contributed by atoms with Gasteiger partial charge in [-0.05, 0) is 43.2 Å². The third kappa shape index (κ3) is 3.52. The number of hydrogen-bond acceptors (Lipinski definition) is 6. The van der Waals surface area contributed by atoms with Gasteiger partial charge in [0.05, 0.1) is 11.5 Å². The number of hydroxylamine groups is 1. The Kier molecular flexibility index (Phi) is 4.45. The van der Waals surface area contributed by atoms with Gasteiger partial charge in [0.2, 0.25) is 5.82 Å². The van der Waals surface area contributed by atoms with Gasteiger partial charge < -0.3 is 4.90 Å². The molecule has 1 aromatic heterocycles. The molecule has 0 bridgehead atoms. The molecule has 4 rings (SSSR count). The average molecular weight is 380 g/mol. The van der Waals surface area contributed by atoms with E-state index < -0.39 is 10.5 Å². The summed E-state index contributed by atoms with van der Waals surface area (Å²) in [6.45, 7) is 2.79. The van der Waals surface area contributed by atoms with Crippen molar-refractivity contribution >= 4 is 11.5 Å². The van der Waals surface area contributed by atoms with E-state index in [0.29, 0.717) is 42.3 Å². The molecule has 1 saturated heterocycles. The highest BCUT2D eigenvalue weighted by Gasteiger charge is 2.43. The van der Waals surface area contributed by atoms with Gasteiger partial charge >= 0.3 is 5.69 Å². The fraction of sp³-hybridized carbons (Fsp3) is 0.250. The van der Waals surface area contributed by atoms with Crippen LogP contribution in [0.15, 0.2) is 48.2 Å². The molecular weight excluding hydrogens is 363 g/mol. The van der Waals surface area contributed by atoms with Crippen LogP contribution in [0.25, 0.3) is 0 Å². The number of nitrogens with zero attached hydrogens (tertiary/aromatic N) is 3. The predicted octanol–water partition coefficient (Wildman–Crippen LogP) is 2.86. The topological polar surface area (TPSA) is 80.5 Å². The van der Waals surface area contributed by atoms with Crippen LogP contribution in [0.1, 0.15) is 17.7 Å². The van der Waals surface area contributed by atoms with Crippen LogP contribution < -0.4 is 10.4 Å². The summed E-state index contributed by atoms with van der Waals surface area (Å²) in [5.41, 5.74) is 4.01. The average Bonchev–Trinajstić information content (AvgIpc) is 3.27. The molecular formula is C20H17FN4O3. The molecule has 2 aromatic rings. The fourth-order valence-electron chi connectivity index (χ4n) is 3.34. The number of aryl methyl sites for hydroxylation is 1. The number of allylic oxidation sites excluding steroid dienone is 1. The number of aromatic nitrogens is 1. The quantitative estimate of drug-likeness (QED) is 0.490. The Hall–Kier alpha value is -3.44. The first kappa shape index (κ1) is 17.9. The monoisotopic (exact) mass is 380 g/mol. The molecule has 8 heteroatoms. The third-order valence-electron chi connectivity index (χ3n) is 4.69. The maximum Gasteiger partial charge on any atom is 0.311 e. The first-order valence-electron chi connectivity index (χ1n) is 8.76. The second-order valence-electron chi connectivity index (χ2n) is 6.81. The maximum absolute atomic E-state index is 13.2. The first-order valence-corrected chi connectivity index (χ1v) is 8.76. The van der Waals surface area contributed by atoms with Crippen molar-refractivity contribution in [2.75, 3.05) is 18.0 Å². The van der Waals surface area contributed by atoms with E-state index in [1.54, 1.807) is 25.1 Å². The number of halogens is 1. The summed E-state index contributed by atoms with van der Waals surface area (Å²) in [4.78, 5) is 22.9. The molecule has 1 N–H and O–H groups in total. The Labute approximate surface area is 160 Å². The van der Waals surface area contributed by atoms with Gasteiger partial charge in [0.25, 0.3) is 0 Å². The van der Waals surface area contributed by atoms with Crippen LogP contribution in [0.5, 0.6) is 0 Å². The Morgan fingerprint density at radius 3 is 3.00 bits per heavy atom. The number of nitrogens with one attached hydrogen (secondary N) is 1. The van der Waals surface area contributed by atoms with Gasteiger partial charge in [0.15, 0.2) is 0 Å². The van der Waals surface area contributed by atoms with Crippen LogP contribution in [0, 0.1) is 34.7 Å². The second kappa shape index (κ2) is 6.94. The van der Waals surface area contributed by atoms with Gasteiger partial charge in [-0.1, -0.05) is 12.0 Å². The Morgan fingerprint density at radius 1 is 1.36 bits per heavy atom. The van der Waals surface area contributed by atoms with Crippen molar-refractivity contribution in [2.24, 2.45) is 0 Å². The van der Waals surface area contributed by atoms with E-state index in [4.69, 9.17) is 4.84 Å². The zero-order valence-electron chi connectivity index (χ0n) is 15.1. The summed E-state index contributed by atoms with van der Waals surface area (Å²) in [6.07, 6.45) is 2.51. The van der Waals surface area contributed by atoms with Crippen LogP contribution in [-0.4, -0.2) is 28.6 Å². The molecule has 1 aromatic carbocycles. The van der Waals surface area contributed by atoms with Crippen LogP contribution in [0.3, 0.4) is 0 Å². The minimum atomic E-state index is -0.634. The SMILES string of the molecule is Cc1ccc([N+](=O)[O-])c(N2CCC3(C=C(C#Cc4cccc(F)c4)NO3)C2)n1. The van der Waals surface area contributed by atoms with Gasteiger partial charge in [0.1, 0.15) is 17.1 Å². The highest BCUT2D eigenvalue weighted by atomic mass is 19.1. The molecule has 28 heavy (non-hydrogen) atoms. The van der Waals surface area contributed by atoms with E-state index in [9.17, 15) is 14.5 Å². The molecule has 142 valence electrons. The van der Waals surface area contributed by atoms with E-state index in [0.717, 1.165) is 0 Å². The Bertz CT molecular complexity index is 1040. The summed E-state index contributed by atoms with van der Waals surface area (Å²) in [5, 5.41) is 11.3. The van der Waals surface area contributed by atoms with E-state index in [1.165, 1.54) is 18.2 Å². The van der Waals surface area contributed by atoms with E-state index in [2.05, 4.69) is 22.3 Å². The van der Waals surface area contributed by atoms with Crippen LogP contribution >= 0.6 is 0 Å². The fourth-order valence-corrected chi connectivity index (χ4v) is 3.34. The van der Waals surface area contributed by atoms with E-state index in [1.807, 2.05) is 11.0 Å². The maximum atomic E-state index is 13.2. The number of hydrogen-bond donors (Lipinski definition) is 1. The van der Waals surface area contributed by atoms with Crippen molar-refractivity contribution in [2.45, 2.75) is 18.9 Å². The lowest BCUT2D eigenvalue weighted by Gasteiger charge is -2.21. The molecule has 0 aliphatic carbocycles. The molecule has 1 atom stereocenters. The smallest absolute Gasteiger partial charge is 0.311 e. The van der Waals surface area contributed by atoms with Crippen molar-refractivity contribution in [1.82, 2.24) is 10.5 Å². The van der Waals surface area contributed by atoms with Gasteiger partial charge in [-0.15, -0.1) is 0 Å². The lowest BCUT2D eigenvalue weighted by Crippen LogP contribution is -2.34. The third-order valence-corrected chi connectivity index (χ3v) is 4.69. The summed E-state index contributed by atoms with van der Waals surface area (Å²) in [7, 11) is 0. The van der Waals surface area contributed by atoms with Crippen LogP contribution in [0.4, 0.5) is 15.9 Å².